The van der Waals surface area contributed by atoms with E-state index < -0.39 is 0 Å². The van der Waals surface area contributed by atoms with Crippen LogP contribution in [0.4, 0.5) is 29.0 Å². The van der Waals surface area contributed by atoms with Gasteiger partial charge in [-0.3, -0.25) is 0 Å². The molecule has 0 aliphatic carbocycles. The summed E-state index contributed by atoms with van der Waals surface area (Å²) in [7, 11) is 0. The molecule has 2 N–H and O–H groups in total. The van der Waals surface area contributed by atoms with Crippen molar-refractivity contribution >= 4 is 44.9 Å². The Balaban J connectivity index is 1.46. The summed E-state index contributed by atoms with van der Waals surface area (Å²) >= 11 is 3.44. The SMILES string of the molecule is Cc1cc(Nc2nc(Nc3ccc(N4CCOCC4)cc3)ncc2Br)no1. The first-order valence-electron chi connectivity index (χ1n) is 8.60. The number of aromatic nitrogens is 3. The third-order valence-corrected chi connectivity index (χ3v) is 4.70. The predicted octanol–water partition coefficient (Wildman–Crippen LogP) is 3.86. The standard InChI is InChI=1S/C18H19BrN6O2/c1-12-10-16(24-27-12)22-17-15(19)11-20-18(23-17)21-13-2-4-14(5-3-13)25-6-8-26-9-7-25/h2-5,10-11H,6-9H2,1H3,(H2,20,21,22,23,24). The molecule has 27 heavy (non-hydrogen) atoms. The van der Waals surface area contributed by atoms with Crippen LogP contribution < -0.4 is 15.5 Å². The first-order valence-corrected chi connectivity index (χ1v) is 9.39. The Labute approximate surface area is 165 Å². The molecule has 0 radical (unpaired) electrons. The van der Waals surface area contributed by atoms with Crippen LogP contribution in [0.2, 0.25) is 0 Å². The van der Waals surface area contributed by atoms with E-state index in [0.717, 1.165) is 42.2 Å². The quantitative estimate of drug-likeness (QED) is 0.630. The van der Waals surface area contributed by atoms with Crippen molar-refractivity contribution in [3.63, 3.8) is 0 Å². The van der Waals surface area contributed by atoms with Gasteiger partial charge in [0, 0.05) is 36.7 Å². The van der Waals surface area contributed by atoms with Gasteiger partial charge in [-0.15, -0.1) is 0 Å². The molecular weight excluding hydrogens is 412 g/mol. The topological polar surface area (TPSA) is 88.3 Å². The highest BCUT2D eigenvalue weighted by Crippen LogP contribution is 2.26. The molecule has 0 amide bonds. The Morgan fingerprint density at radius 1 is 1.11 bits per heavy atom. The molecule has 0 atom stereocenters. The second-order valence-electron chi connectivity index (χ2n) is 6.11. The van der Waals surface area contributed by atoms with E-state index in [1.54, 1.807) is 12.3 Å². The zero-order chi connectivity index (χ0) is 18.6. The fourth-order valence-corrected chi connectivity index (χ4v) is 3.06. The minimum absolute atomic E-state index is 0.486. The van der Waals surface area contributed by atoms with Crippen LogP contribution in [0.3, 0.4) is 0 Å². The Kier molecular flexibility index (Phi) is 5.21. The van der Waals surface area contributed by atoms with Crippen molar-refractivity contribution in [1.29, 1.82) is 0 Å². The van der Waals surface area contributed by atoms with Crippen LogP contribution in [0, 0.1) is 6.92 Å². The van der Waals surface area contributed by atoms with E-state index in [2.05, 4.69) is 58.7 Å². The lowest BCUT2D eigenvalue weighted by atomic mass is 10.2. The smallest absolute Gasteiger partial charge is 0.229 e. The molecule has 1 fully saturated rings. The van der Waals surface area contributed by atoms with Gasteiger partial charge in [-0.25, -0.2) is 4.98 Å². The van der Waals surface area contributed by atoms with Crippen molar-refractivity contribution in [2.24, 2.45) is 0 Å². The molecule has 9 heteroatoms. The molecule has 0 spiro atoms. The average molecular weight is 431 g/mol. The van der Waals surface area contributed by atoms with Gasteiger partial charge in [-0.1, -0.05) is 5.16 Å². The molecule has 1 aliphatic rings. The maximum atomic E-state index is 5.40. The zero-order valence-corrected chi connectivity index (χ0v) is 16.4. The van der Waals surface area contributed by atoms with E-state index in [9.17, 15) is 0 Å². The van der Waals surface area contributed by atoms with Crippen molar-refractivity contribution in [1.82, 2.24) is 15.1 Å². The fraction of sp³-hybridized carbons (Fsp3) is 0.278. The van der Waals surface area contributed by atoms with E-state index in [1.165, 1.54) is 5.69 Å². The average Bonchev–Trinajstić information content (AvgIpc) is 3.10. The summed E-state index contributed by atoms with van der Waals surface area (Å²) < 4.78 is 11.2. The Morgan fingerprint density at radius 2 is 1.89 bits per heavy atom. The van der Waals surface area contributed by atoms with Gasteiger partial charge >= 0.3 is 0 Å². The van der Waals surface area contributed by atoms with Crippen molar-refractivity contribution in [3.05, 3.63) is 46.8 Å². The molecular formula is C18H19BrN6O2. The highest BCUT2D eigenvalue weighted by atomic mass is 79.9. The number of nitrogens with one attached hydrogen (secondary N) is 2. The van der Waals surface area contributed by atoms with Gasteiger partial charge in [0.15, 0.2) is 11.6 Å². The number of nitrogens with zero attached hydrogens (tertiary/aromatic N) is 4. The number of aryl methyl sites for hydroxylation is 1. The number of rotatable bonds is 5. The van der Waals surface area contributed by atoms with Gasteiger partial charge in [0.2, 0.25) is 5.95 Å². The molecule has 0 bridgehead atoms. The van der Waals surface area contributed by atoms with Crippen LogP contribution >= 0.6 is 15.9 Å². The van der Waals surface area contributed by atoms with Gasteiger partial charge in [-0.05, 0) is 47.1 Å². The van der Waals surface area contributed by atoms with Gasteiger partial charge in [0.25, 0.3) is 0 Å². The molecule has 0 saturated carbocycles. The third kappa shape index (κ3) is 4.37. The largest absolute Gasteiger partial charge is 0.378 e. The lowest BCUT2D eigenvalue weighted by Crippen LogP contribution is -2.36. The van der Waals surface area contributed by atoms with Crippen molar-refractivity contribution < 1.29 is 9.26 Å². The Hall–Kier alpha value is -2.65. The molecule has 4 rings (SSSR count). The summed E-state index contributed by atoms with van der Waals surface area (Å²) in [5.41, 5.74) is 2.10. The number of hydrogen-bond acceptors (Lipinski definition) is 8. The third-order valence-electron chi connectivity index (χ3n) is 4.12. The number of anilines is 5. The summed E-state index contributed by atoms with van der Waals surface area (Å²) in [5.74, 6) is 2.40. The maximum absolute atomic E-state index is 5.40. The monoisotopic (exact) mass is 430 g/mol. The highest BCUT2D eigenvalue weighted by Gasteiger charge is 2.12. The molecule has 1 aromatic carbocycles. The number of morpholine rings is 1. The van der Waals surface area contributed by atoms with Crippen molar-refractivity contribution in [2.45, 2.75) is 6.92 Å². The second-order valence-corrected chi connectivity index (χ2v) is 6.96. The van der Waals surface area contributed by atoms with E-state index in [0.29, 0.717) is 17.6 Å². The minimum atomic E-state index is 0.486. The van der Waals surface area contributed by atoms with Crippen LogP contribution in [0.5, 0.6) is 0 Å². The van der Waals surface area contributed by atoms with Crippen molar-refractivity contribution in [3.8, 4) is 0 Å². The van der Waals surface area contributed by atoms with Gasteiger partial charge in [0.1, 0.15) is 5.76 Å². The summed E-state index contributed by atoms with van der Waals surface area (Å²) in [6.07, 6.45) is 1.69. The molecule has 2 aromatic heterocycles. The van der Waals surface area contributed by atoms with Crippen LogP contribution in [-0.2, 0) is 4.74 Å². The number of benzene rings is 1. The summed E-state index contributed by atoms with van der Waals surface area (Å²) in [6.45, 7) is 5.21. The molecule has 1 saturated heterocycles. The fourth-order valence-electron chi connectivity index (χ4n) is 2.77. The molecule has 8 nitrogen and oxygen atoms in total. The van der Waals surface area contributed by atoms with Crippen LogP contribution in [0.25, 0.3) is 0 Å². The highest BCUT2D eigenvalue weighted by molar-refractivity contribution is 9.10. The lowest BCUT2D eigenvalue weighted by molar-refractivity contribution is 0.122. The molecule has 1 aliphatic heterocycles. The van der Waals surface area contributed by atoms with Gasteiger partial charge < -0.3 is 24.8 Å². The Bertz CT molecular complexity index is 908. The Morgan fingerprint density at radius 3 is 2.59 bits per heavy atom. The predicted molar refractivity (Wildman–Crippen MR) is 107 cm³/mol. The number of ether oxygens (including phenoxy) is 1. The molecule has 3 aromatic rings. The summed E-state index contributed by atoms with van der Waals surface area (Å²) in [4.78, 5) is 11.1. The summed E-state index contributed by atoms with van der Waals surface area (Å²) in [6, 6.07) is 10.0. The number of halogens is 1. The van der Waals surface area contributed by atoms with E-state index in [-0.39, 0.29) is 0 Å². The maximum Gasteiger partial charge on any atom is 0.229 e. The molecule has 0 unspecified atom stereocenters. The van der Waals surface area contributed by atoms with Gasteiger partial charge in [-0.2, -0.15) is 4.98 Å². The van der Waals surface area contributed by atoms with Crippen LogP contribution in [-0.4, -0.2) is 41.4 Å². The second kappa shape index (κ2) is 7.93. The van der Waals surface area contributed by atoms with E-state index in [1.807, 2.05) is 19.1 Å². The zero-order valence-electron chi connectivity index (χ0n) is 14.8. The first kappa shape index (κ1) is 17.7. The van der Waals surface area contributed by atoms with Crippen LogP contribution in [0.15, 0.2) is 45.5 Å². The lowest BCUT2D eigenvalue weighted by Gasteiger charge is -2.28. The van der Waals surface area contributed by atoms with Gasteiger partial charge in [0.05, 0.1) is 17.7 Å². The normalized spacial score (nSPS) is 14.2. The first-order chi connectivity index (χ1) is 13.2. The van der Waals surface area contributed by atoms with E-state index >= 15 is 0 Å². The summed E-state index contributed by atoms with van der Waals surface area (Å²) in [5, 5.41) is 10.3. The minimum Gasteiger partial charge on any atom is -0.378 e. The van der Waals surface area contributed by atoms with Crippen molar-refractivity contribution in [2.75, 3.05) is 41.8 Å². The molecule has 3 heterocycles. The molecule has 140 valence electrons. The number of hydrogen-bond donors (Lipinski definition) is 2. The van der Waals surface area contributed by atoms with E-state index in [4.69, 9.17) is 9.26 Å². The van der Waals surface area contributed by atoms with Crippen LogP contribution in [0.1, 0.15) is 5.76 Å².